The molecular formula is C10H19N3O. The maximum atomic E-state index is 5.86. The van der Waals surface area contributed by atoms with Gasteiger partial charge in [-0.2, -0.15) is 4.98 Å². The Bertz CT molecular complexity index is 272. The number of nitrogens with two attached hydrogens (primary N) is 1. The monoisotopic (exact) mass is 197 g/mol. The first kappa shape index (κ1) is 11.2. The van der Waals surface area contributed by atoms with Crippen LogP contribution >= 0.6 is 0 Å². The smallest absolute Gasteiger partial charge is 0.243 e. The summed E-state index contributed by atoms with van der Waals surface area (Å²) >= 11 is 0. The fourth-order valence-corrected chi connectivity index (χ4v) is 1.22. The molecule has 0 fully saturated rings. The maximum Gasteiger partial charge on any atom is 0.243 e. The molecule has 1 unspecified atom stereocenters. The van der Waals surface area contributed by atoms with Gasteiger partial charge in [-0.25, -0.2) is 0 Å². The molecule has 1 heterocycles. The molecule has 4 nitrogen and oxygen atoms in total. The zero-order chi connectivity index (χ0) is 10.6. The van der Waals surface area contributed by atoms with Gasteiger partial charge < -0.3 is 10.3 Å². The highest BCUT2D eigenvalue weighted by atomic mass is 16.5. The summed E-state index contributed by atoms with van der Waals surface area (Å²) in [5.41, 5.74) is 5.86. The summed E-state index contributed by atoms with van der Waals surface area (Å²) in [6, 6.07) is -0.106. The fraction of sp³-hybridized carbons (Fsp3) is 0.800. The molecule has 0 spiro atoms. The molecule has 14 heavy (non-hydrogen) atoms. The summed E-state index contributed by atoms with van der Waals surface area (Å²) in [5, 5.41) is 3.92. The highest BCUT2D eigenvalue weighted by Gasteiger charge is 2.16. The first-order valence-electron chi connectivity index (χ1n) is 5.28. The van der Waals surface area contributed by atoms with Gasteiger partial charge in [-0.3, -0.25) is 0 Å². The van der Waals surface area contributed by atoms with Gasteiger partial charge in [-0.15, -0.1) is 0 Å². The Morgan fingerprint density at radius 3 is 2.71 bits per heavy atom. The molecular weight excluding hydrogens is 178 g/mol. The van der Waals surface area contributed by atoms with Gasteiger partial charge in [-0.05, 0) is 12.8 Å². The molecule has 0 bridgehead atoms. The first-order valence-corrected chi connectivity index (χ1v) is 5.28. The van der Waals surface area contributed by atoms with Crippen molar-refractivity contribution in [2.75, 3.05) is 0 Å². The van der Waals surface area contributed by atoms with Gasteiger partial charge >= 0.3 is 0 Å². The minimum absolute atomic E-state index is 0.106. The SMILES string of the molecule is CCC[C@@H](N)c1nc(C(C)CC)no1. The standard InChI is InChI=1S/C10H19N3O/c1-4-6-8(11)10-12-9(13-14-10)7(3)5-2/h7-8H,4-6,11H2,1-3H3/t7?,8-/m1/s1. The van der Waals surface area contributed by atoms with E-state index in [1.165, 1.54) is 0 Å². The average molecular weight is 197 g/mol. The third-order valence-electron chi connectivity index (χ3n) is 2.43. The third-order valence-corrected chi connectivity index (χ3v) is 2.43. The largest absolute Gasteiger partial charge is 0.338 e. The number of nitrogens with zero attached hydrogens (tertiary/aromatic N) is 2. The van der Waals surface area contributed by atoms with Gasteiger partial charge in [0.15, 0.2) is 5.82 Å². The van der Waals surface area contributed by atoms with Gasteiger partial charge in [-0.1, -0.05) is 32.3 Å². The van der Waals surface area contributed by atoms with E-state index in [2.05, 4.69) is 30.9 Å². The second-order valence-corrected chi connectivity index (χ2v) is 3.70. The molecule has 0 aliphatic rings. The predicted molar refractivity (Wildman–Crippen MR) is 54.8 cm³/mol. The molecule has 1 aromatic rings. The zero-order valence-corrected chi connectivity index (χ0v) is 9.16. The molecule has 2 atom stereocenters. The van der Waals surface area contributed by atoms with Gasteiger partial charge in [0.2, 0.25) is 5.89 Å². The van der Waals surface area contributed by atoms with Gasteiger partial charge in [0.1, 0.15) is 0 Å². The highest BCUT2D eigenvalue weighted by molar-refractivity contribution is 4.96. The van der Waals surface area contributed by atoms with Crippen LogP contribution in [0.4, 0.5) is 0 Å². The second kappa shape index (κ2) is 5.10. The molecule has 0 aliphatic carbocycles. The van der Waals surface area contributed by atoms with E-state index in [-0.39, 0.29) is 6.04 Å². The average Bonchev–Trinajstić information content (AvgIpc) is 2.66. The van der Waals surface area contributed by atoms with Gasteiger partial charge in [0, 0.05) is 5.92 Å². The van der Waals surface area contributed by atoms with Crippen LogP contribution in [-0.4, -0.2) is 10.1 Å². The molecule has 0 amide bonds. The van der Waals surface area contributed by atoms with Crippen molar-refractivity contribution >= 4 is 0 Å². The molecule has 0 saturated carbocycles. The van der Waals surface area contributed by atoms with Crippen molar-refractivity contribution in [2.24, 2.45) is 5.73 Å². The van der Waals surface area contributed by atoms with Crippen molar-refractivity contribution in [1.29, 1.82) is 0 Å². The molecule has 0 saturated heterocycles. The fourth-order valence-electron chi connectivity index (χ4n) is 1.22. The molecule has 0 aromatic carbocycles. The maximum absolute atomic E-state index is 5.86. The topological polar surface area (TPSA) is 64.9 Å². The molecule has 2 N–H and O–H groups in total. The normalized spacial score (nSPS) is 15.4. The Balaban J connectivity index is 2.67. The lowest BCUT2D eigenvalue weighted by atomic mass is 10.1. The molecule has 1 rings (SSSR count). The van der Waals surface area contributed by atoms with E-state index in [1.807, 2.05) is 0 Å². The van der Waals surface area contributed by atoms with Crippen LogP contribution in [0.5, 0.6) is 0 Å². The van der Waals surface area contributed by atoms with E-state index in [9.17, 15) is 0 Å². The van der Waals surface area contributed by atoms with Crippen molar-refractivity contribution in [3.8, 4) is 0 Å². The van der Waals surface area contributed by atoms with Gasteiger partial charge in [0.25, 0.3) is 0 Å². The Morgan fingerprint density at radius 2 is 2.14 bits per heavy atom. The predicted octanol–water partition coefficient (Wildman–Crippen LogP) is 2.38. The van der Waals surface area contributed by atoms with Crippen molar-refractivity contribution in [3.05, 3.63) is 11.7 Å². The Kier molecular flexibility index (Phi) is 4.07. The van der Waals surface area contributed by atoms with E-state index in [4.69, 9.17) is 10.3 Å². The van der Waals surface area contributed by atoms with Crippen LogP contribution < -0.4 is 5.73 Å². The van der Waals surface area contributed by atoms with Crippen LogP contribution in [0.2, 0.25) is 0 Å². The van der Waals surface area contributed by atoms with Crippen LogP contribution in [0.15, 0.2) is 4.52 Å². The van der Waals surface area contributed by atoms with Crippen LogP contribution in [0.1, 0.15) is 63.7 Å². The lowest BCUT2D eigenvalue weighted by Gasteiger charge is -2.03. The lowest BCUT2D eigenvalue weighted by Crippen LogP contribution is -2.10. The van der Waals surface area contributed by atoms with Crippen molar-refractivity contribution in [2.45, 2.75) is 52.0 Å². The molecule has 80 valence electrons. The summed E-state index contributed by atoms with van der Waals surface area (Å²) in [5.74, 6) is 1.69. The Labute approximate surface area is 84.9 Å². The number of hydrogen-bond acceptors (Lipinski definition) is 4. The summed E-state index contributed by atoms with van der Waals surface area (Å²) in [4.78, 5) is 4.30. The van der Waals surface area contributed by atoms with Crippen molar-refractivity contribution < 1.29 is 4.52 Å². The summed E-state index contributed by atoms with van der Waals surface area (Å²) in [7, 11) is 0. The first-order chi connectivity index (χ1) is 6.69. The summed E-state index contributed by atoms with van der Waals surface area (Å²) in [6.45, 7) is 6.28. The summed E-state index contributed by atoms with van der Waals surface area (Å²) < 4.78 is 5.12. The quantitative estimate of drug-likeness (QED) is 0.787. The molecule has 0 aliphatic heterocycles. The van der Waals surface area contributed by atoms with Crippen LogP contribution in [0.3, 0.4) is 0 Å². The van der Waals surface area contributed by atoms with E-state index in [1.54, 1.807) is 0 Å². The van der Waals surface area contributed by atoms with Crippen molar-refractivity contribution in [3.63, 3.8) is 0 Å². The van der Waals surface area contributed by atoms with E-state index >= 15 is 0 Å². The second-order valence-electron chi connectivity index (χ2n) is 3.70. The van der Waals surface area contributed by atoms with E-state index in [0.29, 0.717) is 11.8 Å². The Morgan fingerprint density at radius 1 is 1.43 bits per heavy atom. The minimum Gasteiger partial charge on any atom is -0.338 e. The minimum atomic E-state index is -0.106. The number of rotatable bonds is 5. The van der Waals surface area contributed by atoms with Gasteiger partial charge in [0.05, 0.1) is 6.04 Å². The van der Waals surface area contributed by atoms with Crippen molar-refractivity contribution in [1.82, 2.24) is 10.1 Å². The van der Waals surface area contributed by atoms with E-state index in [0.717, 1.165) is 25.1 Å². The highest BCUT2D eigenvalue weighted by Crippen LogP contribution is 2.18. The summed E-state index contributed by atoms with van der Waals surface area (Å²) in [6.07, 6.45) is 2.94. The zero-order valence-electron chi connectivity index (χ0n) is 9.16. The molecule has 0 radical (unpaired) electrons. The van der Waals surface area contributed by atoms with Crippen LogP contribution in [0, 0.1) is 0 Å². The van der Waals surface area contributed by atoms with Crippen LogP contribution in [-0.2, 0) is 0 Å². The van der Waals surface area contributed by atoms with E-state index < -0.39 is 0 Å². The number of hydrogen-bond donors (Lipinski definition) is 1. The Hall–Kier alpha value is -0.900. The lowest BCUT2D eigenvalue weighted by molar-refractivity contribution is 0.342. The molecule has 1 aromatic heterocycles. The number of aromatic nitrogens is 2. The third kappa shape index (κ3) is 2.54. The molecule has 4 heteroatoms. The van der Waals surface area contributed by atoms with Crippen LogP contribution in [0.25, 0.3) is 0 Å².